The summed E-state index contributed by atoms with van der Waals surface area (Å²) in [4.78, 5) is 32.3. The maximum atomic E-state index is 12.5. The van der Waals surface area contributed by atoms with Gasteiger partial charge in [0.15, 0.2) is 5.13 Å². The maximum Gasteiger partial charge on any atom is 0.240 e. The minimum absolute atomic E-state index is 0.0649. The summed E-state index contributed by atoms with van der Waals surface area (Å²) in [7, 11) is 0. The molecule has 144 valence electrons. The number of nitrogens with zero attached hydrogens (tertiary/aromatic N) is 2. The van der Waals surface area contributed by atoms with E-state index in [1.54, 1.807) is 0 Å². The van der Waals surface area contributed by atoms with Gasteiger partial charge in [-0.3, -0.25) is 14.5 Å². The number of anilines is 1. The van der Waals surface area contributed by atoms with E-state index in [0.717, 1.165) is 35.5 Å². The van der Waals surface area contributed by atoms with Gasteiger partial charge in [0.05, 0.1) is 18.2 Å². The zero-order valence-corrected chi connectivity index (χ0v) is 16.6. The number of aryl methyl sites for hydroxylation is 2. The lowest BCUT2D eigenvalue weighted by molar-refractivity contribution is -0.128. The Morgan fingerprint density at radius 3 is 2.74 bits per heavy atom. The predicted octanol–water partition coefficient (Wildman–Crippen LogP) is 2.73. The SMILES string of the molecule is Cc1nc(NC(=O)CN2CCCC(C(=O)NCc3ccccc3)C2)sc1C. The van der Waals surface area contributed by atoms with Crippen molar-refractivity contribution in [3.63, 3.8) is 0 Å². The highest BCUT2D eigenvalue weighted by Crippen LogP contribution is 2.21. The number of hydrogen-bond donors (Lipinski definition) is 2. The van der Waals surface area contributed by atoms with Crippen molar-refractivity contribution in [3.05, 3.63) is 46.5 Å². The van der Waals surface area contributed by atoms with E-state index >= 15 is 0 Å². The monoisotopic (exact) mass is 386 g/mol. The lowest BCUT2D eigenvalue weighted by atomic mass is 9.97. The third-order valence-electron chi connectivity index (χ3n) is 4.83. The van der Waals surface area contributed by atoms with Gasteiger partial charge in [-0.2, -0.15) is 0 Å². The largest absolute Gasteiger partial charge is 0.352 e. The molecule has 6 nitrogen and oxygen atoms in total. The van der Waals surface area contributed by atoms with Crippen LogP contribution >= 0.6 is 11.3 Å². The molecule has 1 unspecified atom stereocenters. The zero-order valence-electron chi connectivity index (χ0n) is 15.8. The standard InChI is InChI=1S/C20H26N4O2S/c1-14-15(2)27-20(22-14)23-18(25)13-24-10-6-9-17(12-24)19(26)21-11-16-7-4-3-5-8-16/h3-5,7-8,17H,6,9-13H2,1-2H3,(H,21,26)(H,22,23,25). The molecule has 1 aromatic carbocycles. The molecule has 1 aliphatic rings. The van der Waals surface area contributed by atoms with E-state index in [2.05, 4.69) is 20.5 Å². The van der Waals surface area contributed by atoms with Crippen LogP contribution in [0.3, 0.4) is 0 Å². The zero-order chi connectivity index (χ0) is 19.2. The average molecular weight is 387 g/mol. The third-order valence-corrected chi connectivity index (χ3v) is 5.82. The predicted molar refractivity (Wildman–Crippen MR) is 108 cm³/mol. The minimum Gasteiger partial charge on any atom is -0.352 e. The minimum atomic E-state index is -0.0749. The Hall–Kier alpha value is -2.25. The van der Waals surface area contributed by atoms with Crippen molar-refractivity contribution in [2.24, 2.45) is 5.92 Å². The van der Waals surface area contributed by atoms with Gasteiger partial charge < -0.3 is 10.6 Å². The fraction of sp³-hybridized carbons (Fsp3) is 0.450. The molecule has 3 rings (SSSR count). The van der Waals surface area contributed by atoms with Crippen LogP contribution in [0.25, 0.3) is 0 Å². The first-order valence-electron chi connectivity index (χ1n) is 9.29. The van der Waals surface area contributed by atoms with Gasteiger partial charge in [-0.05, 0) is 38.8 Å². The Morgan fingerprint density at radius 1 is 1.26 bits per heavy atom. The summed E-state index contributed by atoms with van der Waals surface area (Å²) >= 11 is 1.49. The van der Waals surface area contributed by atoms with Crippen LogP contribution in [0.1, 0.15) is 29.0 Å². The highest BCUT2D eigenvalue weighted by atomic mass is 32.1. The van der Waals surface area contributed by atoms with Gasteiger partial charge in [0.1, 0.15) is 0 Å². The van der Waals surface area contributed by atoms with Crippen LogP contribution in [0.4, 0.5) is 5.13 Å². The van der Waals surface area contributed by atoms with Crippen molar-refractivity contribution in [1.82, 2.24) is 15.2 Å². The summed E-state index contributed by atoms with van der Waals surface area (Å²) in [5, 5.41) is 6.53. The quantitative estimate of drug-likeness (QED) is 0.801. The van der Waals surface area contributed by atoms with Gasteiger partial charge in [-0.25, -0.2) is 4.98 Å². The molecule has 1 aliphatic heterocycles. The molecule has 2 aromatic rings. The van der Waals surface area contributed by atoms with Crippen LogP contribution in [0.5, 0.6) is 0 Å². The second kappa shape index (κ2) is 9.10. The highest BCUT2D eigenvalue weighted by Gasteiger charge is 2.26. The third kappa shape index (κ3) is 5.61. The van der Waals surface area contributed by atoms with Gasteiger partial charge >= 0.3 is 0 Å². The van der Waals surface area contributed by atoms with Crippen molar-refractivity contribution in [3.8, 4) is 0 Å². The Labute approximate surface area is 164 Å². The van der Waals surface area contributed by atoms with Gasteiger partial charge in [0.2, 0.25) is 11.8 Å². The average Bonchev–Trinajstić information content (AvgIpc) is 2.97. The van der Waals surface area contributed by atoms with Crippen molar-refractivity contribution >= 4 is 28.3 Å². The van der Waals surface area contributed by atoms with Crippen molar-refractivity contribution in [1.29, 1.82) is 0 Å². The fourth-order valence-electron chi connectivity index (χ4n) is 3.23. The number of carbonyl (C=O) groups is 2. The number of carbonyl (C=O) groups excluding carboxylic acids is 2. The molecule has 7 heteroatoms. The molecule has 0 saturated carbocycles. The molecule has 2 N–H and O–H groups in total. The molecule has 1 fully saturated rings. The first kappa shape index (κ1) is 19.5. The van der Waals surface area contributed by atoms with Crippen LogP contribution in [0, 0.1) is 19.8 Å². The molecule has 0 radical (unpaired) electrons. The highest BCUT2D eigenvalue weighted by molar-refractivity contribution is 7.15. The second-order valence-corrected chi connectivity index (χ2v) is 8.19. The summed E-state index contributed by atoms with van der Waals surface area (Å²) in [5.41, 5.74) is 2.04. The number of nitrogens with one attached hydrogen (secondary N) is 2. The van der Waals surface area contributed by atoms with Crippen LogP contribution in [0.2, 0.25) is 0 Å². The van der Waals surface area contributed by atoms with Crippen molar-refractivity contribution < 1.29 is 9.59 Å². The molecular formula is C20H26N4O2S. The lowest BCUT2D eigenvalue weighted by Gasteiger charge is -2.31. The number of amides is 2. The van der Waals surface area contributed by atoms with E-state index in [0.29, 0.717) is 24.8 Å². The first-order valence-corrected chi connectivity index (χ1v) is 10.1. The molecule has 0 aliphatic carbocycles. The number of benzene rings is 1. The fourth-order valence-corrected chi connectivity index (χ4v) is 4.06. The van der Waals surface area contributed by atoms with Crippen LogP contribution in [-0.2, 0) is 16.1 Å². The van der Waals surface area contributed by atoms with Gasteiger partial charge in [0, 0.05) is 18.0 Å². The van der Waals surface area contributed by atoms with Crippen molar-refractivity contribution in [2.45, 2.75) is 33.2 Å². The molecule has 0 spiro atoms. The molecule has 1 saturated heterocycles. The molecule has 27 heavy (non-hydrogen) atoms. The summed E-state index contributed by atoms with van der Waals surface area (Å²) in [6, 6.07) is 9.89. The van der Waals surface area contributed by atoms with E-state index in [1.165, 1.54) is 11.3 Å². The molecule has 1 atom stereocenters. The van der Waals surface area contributed by atoms with E-state index in [1.807, 2.05) is 44.2 Å². The molecule has 2 heterocycles. The molecular weight excluding hydrogens is 360 g/mol. The summed E-state index contributed by atoms with van der Waals surface area (Å²) in [6.45, 7) is 6.21. The topological polar surface area (TPSA) is 74.3 Å². The Morgan fingerprint density at radius 2 is 2.04 bits per heavy atom. The van der Waals surface area contributed by atoms with Gasteiger partial charge in [0.25, 0.3) is 0 Å². The number of aromatic nitrogens is 1. The molecule has 2 amide bonds. The van der Waals surface area contributed by atoms with E-state index in [4.69, 9.17) is 0 Å². The second-order valence-electron chi connectivity index (χ2n) is 6.99. The van der Waals surface area contributed by atoms with E-state index in [-0.39, 0.29) is 17.7 Å². The van der Waals surface area contributed by atoms with Crippen LogP contribution < -0.4 is 10.6 Å². The normalized spacial score (nSPS) is 17.5. The number of piperidine rings is 1. The van der Waals surface area contributed by atoms with E-state index < -0.39 is 0 Å². The number of thiazole rings is 1. The number of hydrogen-bond acceptors (Lipinski definition) is 5. The smallest absolute Gasteiger partial charge is 0.240 e. The Balaban J connectivity index is 1.46. The maximum absolute atomic E-state index is 12.5. The van der Waals surface area contributed by atoms with E-state index in [9.17, 15) is 9.59 Å². The summed E-state index contributed by atoms with van der Waals surface area (Å²) in [6.07, 6.45) is 1.79. The summed E-state index contributed by atoms with van der Waals surface area (Å²) < 4.78 is 0. The van der Waals surface area contributed by atoms with Gasteiger partial charge in [-0.15, -0.1) is 11.3 Å². The van der Waals surface area contributed by atoms with Crippen LogP contribution in [-0.4, -0.2) is 41.3 Å². The van der Waals surface area contributed by atoms with Gasteiger partial charge in [-0.1, -0.05) is 30.3 Å². The lowest BCUT2D eigenvalue weighted by Crippen LogP contribution is -2.45. The number of rotatable bonds is 6. The van der Waals surface area contributed by atoms with Crippen LogP contribution in [0.15, 0.2) is 30.3 Å². The Kier molecular flexibility index (Phi) is 6.58. The summed E-state index contributed by atoms with van der Waals surface area (Å²) in [5.74, 6) is -0.0798. The molecule has 0 bridgehead atoms. The van der Waals surface area contributed by atoms with Crippen molar-refractivity contribution in [2.75, 3.05) is 25.0 Å². The molecule has 1 aromatic heterocycles. The first-order chi connectivity index (χ1) is 13.0. The Bertz CT molecular complexity index is 771. The number of likely N-dealkylation sites (tertiary alicyclic amines) is 1.